The first-order valence-electron chi connectivity index (χ1n) is 31.9. The van der Waals surface area contributed by atoms with Gasteiger partial charge in [-0.2, -0.15) is 0 Å². The number of carbonyl (C=O) groups excluding carboxylic acids is 3. The molecule has 1 atom stereocenters. The Hall–Kier alpha value is -3.15. The van der Waals surface area contributed by atoms with Crippen LogP contribution in [0.2, 0.25) is 0 Å². The minimum atomic E-state index is -0.796. The third-order valence-corrected chi connectivity index (χ3v) is 14.0. The molecule has 0 bridgehead atoms. The second-order valence-corrected chi connectivity index (χ2v) is 21.3. The van der Waals surface area contributed by atoms with Crippen molar-refractivity contribution in [2.24, 2.45) is 0 Å². The van der Waals surface area contributed by atoms with Gasteiger partial charge < -0.3 is 14.2 Å². The smallest absolute Gasteiger partial charge is 0.306 e. The number of ether oxygens (including phenoxy) is 3. The number of carbonyl (C=O) groups is 3. The van der Waals surface area contributed by atoms with E-state index in [1.807, 2.05) is 0 Å². The quantitative estimate of drug-likeness (QED) is 0.0261. The maximum Gasteiger partial charge on any atom is 0.306 e. The van der Waals surface area contributed by atoms with E-state index >= 15 is 0 Å². The van der Waals surface area contributed by atoms with Gasteiger partial charge in [0, 0.05) is 19.3 Å². The molecule has 0 aromatic heterocycles. The highest BCUT2D eigenvalue weighted by atomic mass is 16.6. The summed E-state index contributed by atoms with van der Waals surface area (Å²) in [4.78, 5) is 38.3. The van der Waals surface area contributed by atoms with Crippen molar-refractivity contribution in [3.63, 3.8) is 0 Å². The van der Waals surface area contributed by atoms with E-state index in [1.165, 1.54) is 186 Å². The first kappa shape index (κ1) is 70.8. The molecule has 0 rings (SSSR count). The molecule has 0 N–H and O–H groups in total. The molecule has 0 amide bonds. The molecule has 6 nitrogen and oxygen atoms in total. The molecule has 0 radical (unpaired) electrons. The van der Waals surface area contributed by atoms with Gasteiger partial charge in [-0.1, -0.05) is 306 Å². The fraction of sp³-hybridized carbons (Fsp3) is 0.779. The summed E-state index contributed by atoms with van der Waals surface area (Å²) in [6.07, 6.45) is 80.5. The van der Waals surface area contributed by atoms with E-state index in [4.69, 9.17) is 14.2 Å². The van der Waals surface area contributed by atoms with Crippen molar-refractivity contribution in [3.05, 3.63) is 72.9 Å². The third kappa shape index (κ3) is 59.7. The van der Waals surface area contributed by atoms with Crippen LogP contribution in [0.3, 0.4) is 0 Å². The molecule has 428 valence electrons. The number of esters is 3. The Labute approximate surface area is 459 Å². The molecule has 0 aromatic carbocycles. The van der Waals surface area contributed by atoms with Gasteiger partial charge in [0.1, 0.15) is 13.2 Å². The van der Waals surface area contributed by atoms with Crippen molar-refractivity contribution < 1.29 is 28.6 Å². The Balaban J connectivity index is 4.37. The Morgan fingerprint density at radius 2 is 0.527 bits per heavy atom. The maximum atomic E-state index is 12.9. The summed E-state index contributed by atoms with van der Waals surface area (Å²) in [6, 6.07) is 0. The topological polar surface area (TPSA) is 78.9 Å². The number of hydrogen-bond donors (Lipinski definition) is 0. The van der Waals surface area contributed by atoms with Gasteiger partial charge in [-0.15, -0.1) is 0 Å². The van der Waals surface area contributed by atoms with Gasteiger partial charge in [0.25, 0.3) is 0 Å². The van der Waals surface area contributed by atoms with Crippen LogP contribution in [0.5, 0.6) is 0 Å². The molecule has 6 heteroatoms. The van der Waals surface area contributed by atoms with Crippen LogP contribution in [0, 0.1) is 0 Å². The second kappa shape index (κ2) is 62.4. The molecular weight excluding hydrogens is 913 g/mol. The summed E-state index contributed by atoms with van der Waals surface area (Å²) >= 11 is 0. The molecule has 0 heterocycles. The molecule has 0 aromatic rings. The fourth-order valence-electron chi connectivity index (χ4n) is 9.21. The van der Waals surface area contributed by atoms with Crippen molar-refractivity contribution >= 4 is 17.9 Å². The Morgan fingerprint density at radius 1 is 0.284 bits per heavy atom. The lowest BCUT2D eigenvalue weighted by molar-refractivity contribution is -0.167. The van der Waals surface area contributed by atoms with Crippen LogP contribution >= 0.6 is 0 Å². The maximum absolute atomic E-state index is 12.9. The van der Waals surface area contributed by atoms with Crippen LogP contribution in [0.25, 0.3) is 0 Å². The Morgan fingerprint density at radius 3 is 0.824 bits per heavy atom. The van der Waals surface area contributed by atoms with Crippen molar-refractivity contribution in [1.82, 2.24) is 0 Å². The van der Waals surface area contributed by atoms with E-state index in [2.05, 4.69) is 93.7 Å². The summed E-state index contributed by atoms with van der Waals surface area (Å²) in [5.74, 6) is -0.915. The molecule has 0 aliphatic rings. The summed E-state index contributed by atoms with van der Waals surface area (Å²) < 4.78 is 16.9. The number of rotatable bonds is 58. The number of allylic oxidation sites excluding steroid dienone is 12. The van der Waals surface area contributed by atoms with Crippen LogP contribution in [0.1, 0.15) is 323 Å². The fourth-order valence-corrected chi connectivity index (χ4v) is 9.21. The lowest BCUT2D eigenvalue weighted by Crippen LogP contribution is -2.30. The largest absolute Gasteiger partial charge is 0.462 e. The van der Waals surface area contributed by atoms with E-state index in [-0.39, 0.29) is 37.5 Å². The van der Waals surface area contributed by atoms with E-state index in [1.54, 1.807) is 0 Å². The summed E-state index contributed by atoms with van der Waals surface area (Å²) in [5.41, 5.74) is 0. The van der Waals surface area contributed by atoms with Gasteiger partial charge in [-0.3, -0.25) is 14.4 Å². The van der Waals surface area contributed by atoms with Crippen molar-refractivity contribution in [3.8, 4) is 0 Å². The highest BCUT2D eigenvalue weighted by molar-refractivity contribution is 5.71. The van der Waals surface area contributed by atoms with E-state index in [0.717, 1.165) is 89.9 Å². The molecule has 0 aliphatic carbocycles. The summed E-state index contributed by atoms with van der Waals surface area (Å²) in [5, 5.41) is 0. The predicted molar refractivity (Wildman–Crippen MR) is 321 cm³/mol. The van der Waals surface area contributed by atoms with Crippen molar-refractivity contribution in [1.29, 1.82) is 0 Å². The standard InChI is InChI=1S/C68H120O6/c1-4-7-10-13-16-19-22-25-27-29-31-33-35-36-38-40-43-46-49-52-55-58-61-67(70)73-64-65(63-72-66(69)60-57-54-51-48-45-42-24-21-18-15-12-9-6-3)74-68(71)62-59-56-53-50-47-44-41-39-37-34-32-30-28-26-23-20-17-14-11-8-5-2/h8,11,17,20,26,28,32,34,39,41,47,50,65H,4-7,9-10,12-16,18-19,21-25,27,29-31,33,35-38,40,42-46,48-49,51-64H2,1-3H3/b11-8-,20-17-,28-26-,34-32-,41-39-,50-47-. The molecule has 0 saturated heterocycles. The van der Waals surface area contributed by atoms with E-state index < -0.39 is 6.10 Å². The molecule has 0 aliphatic heterocycles. The first-order valence-corrected chi connectivity index (χ1v) is 31.9. The van der Waals surface area contributed by atoms with Crippen molar-refractivity contribution in [2.75, 3.05) is 13.2 Å². The zero-order valence-electron chi connectivity index (χ0n) is 49.1. The second-order valence-electron chi connectivity index (χ2n) is 21.3. The number of unbranched alkanes of at least 4 members (excludes halogenated alkanes) is 35. The van der Waals surface area contributed by atoms with E-state index in [9.17, 15) is 14.4 Å². The molecule has 1 unspecified atom stereocenters. The van der Waals surface area contributed by atoms with Crippen LogP contribution in [0.4, 0.5) is 0 Å². The summed E-state index contributed by atoms with van der Waals surface area (Å²) in [7, 11) is 0. The highest BCUT2D eigenvalue weighted by Gasteiger charge is 2.19. The SMILES string of the molecule is CC/C=C\C/C=C\C/C=C\C/C=C\C/C=C\C/C=C\CCCCC(=O)OC(COC(=O)CCCCCCCCCCCCCCC)COC(=O)CCCCCCCCCCCCCCCCCCCCCCCC. The minimum absolute atomic E-state index is 0.0888. The Kier molecular flexibility index (Phi) is 59.7. The average molecular weight is 1030 g/mol. The van der Waals surface area contributed by atoms with Gasteiger partial charge in [-0.25, -0.2) is 0 Å². The van der Waals surface area contributed by atoms with Gasteiger partial charge in [0.15, 0.2) is 6.10 Å². The molecule has 74 heavy (non-hydrogen) atoms. The van der Waals surface area contributed by atoms with Gasteiger partial charge in [0.05, 0.1) is 0 Å². The van der Waals surface area contributed by atoms with Gasteiger partial charge in [0.2, 0.25) is 0 Å². The lowest BCUT2D eigenvalue weighted by Gasteiger charge is -2.18. The molecule has 0 saturated carbocycles. The molecular formula is C68H120O6. The zero-order chi connectivity index (χ0) is 53.6. The predicted octanol–water partition coefficient (Wildman–Crippen LogP) is 21.7. The van der Waals surface area contributed by atoms with E-state index in [0.29, 0.717) is 19.3 Å². The average Bonchev–Trinajstić information content (AvgIpc) is 3.40. The Bertz CT molecular complexity index is 1370. The van der Waals surface area contributed by atoms with Gasteiger partial charge in [-0.05, 0) is 70.6 Å². The zero-order valence-corrected chi connectivity index (χ0v) is 49.1. The third-order valence-electron chi connectivity index (χ3n) is 14.0. The van der Waals surface area contributed by atoms with Crippen LogP contribution in [-0.2, 0) is 28.6 Å². The summed E-state index contributed by atoms with van der Waals surface area (Å²) in [6.45, 7) is 6.54. The minimum Gasteiger partial charge on any atom is -0.462 e. The van der Waals surface area contributed by atoms with Crippen LogP contribution in [-0.4, -0.2) is 37.2 Å². The van der Waals surface area contributed by atoms with Crippen molar-refractivity contribution in [2.45, 2.75) is 329 Å². The first-order chi connectivity index (χ1) is 36.5. The van der Waals surface area contributed by atoms with Crippen LogP contribution < -0.4 is 0 Å². The van der Waals surface area contributed by atoms with Crippen LogP contribution in [0.15, 0.2) is 72.9 Å². The lowest BCUT2D eigenvalue weighted by atomic mass is 10.0. The normalized spacial score (nSPS) is 12.5. The monoisotopic (exact) mass is 1030 g/mol. The number of hydrogen-bond acceptors (Lipinski definition) is 6. The van der Waals surface area contributed by atoms with Gasteiger partial charge >= 0.3 is 17.9 Å². The molecule has 0 spiro atoms. The highest BCUT2D eigenvalue weighted by Crippen LogP contribution is 2.17. The molecule has 0 fully saturated rings.